The topological polar surface area (TPSA) is 63.3 Å². The van der Waals surface area contributed by atoms with Crippen LogP contribution < -0.4 is 5.73 Å². The lowest BCUT2D eigenvalue weighted by Gasteiger charge is -2.06. The average Bonchev–Trinajstić information content (AvgIpc) is 2.63. The number of carboxylic acid groups (broad SMARTS) is 1. The fourth-order valence-electron chi connectivity index (χ4n) is 2.32. The van der Waals surface area contributed by atoms with Gasteiger partial charge in [-0.15, -0.1) is 0 Å². The highest BCUT2D eigenvalue weighted by Gasteiger charge is 2.03. The molecule has 2 rings (SSSR count). The van der Waals surface area contributed by atoms with Crippen molar-refractivity contribution in [3.8, 4) is 0 Å². The molecule has 0 atom stereocenters. The Morgan fingerprint density at radius 3 is 1.69 bits per heavy atom. The molecule has 0 saturated carbocycles. The molecule has 0 spiro atoms. The van der Waals surface area contributed by atoms with Gasteiger partial charge < -0.3 is 10.8 Å². The van der Waals surface area contributed by atoms with E-state index in [-0.39, 0.29) is 6.42 Å². The molecule has 2 aromatic rings. The molecule has 0 aliphatic carbocycles. The molecule has 0 bridgehead atoms. The van der Waals surface area contributed by atoms with Gasteiger partial charge in [-0.25, -0.2) is 0 Å². The van der Waals surface area contributed by atoms with Crippen LogP contribution in [-0.2, 0) is 17.8 Å². The normalized spacial score (nSPS) is 9.88. The van der Waals surface area contributed by atoms with E-state index in [1.165, 1.54) is 16.7 Å². The first kappa shape index (κ1) is 23.9. The van der Waals surface area contributed by atoms with Crippen LogP contribution in [0.2, 0.25) is 0 Å². The highest BCUT2D eigenvalue weighted by molar-refractivity contribution is 5.70. The van der Waals surface area contributed by atoms with E-state index in [9.17, 15) is 4.79 Å². The first-order valence-corrected chi connectivity index (χ1v) is 9.43. The van der Waals surface area contributed by atoms with E-state index in [4.69, 9.17) is 10.8 Å². The van der Waals surface area contributed by atoms with Crippen molar-refractivity contribution < 1.29 is 9.90 Å². The number of carboxylic acids is 1. The van der Waals surface area contributed by atoms with Gasteiger partial charge in [0.2, 0.25) is 0 Å². The molecular formula is C23H35NO2. The van der Waals surface area contributed by atoms with Crippen molar-refractivity contribution in [3.63, 3.8) is 0 Å². The van der Waals surface area contributed by atoms with Crippen LogP contribution in [-0.4, -0.2) is 11.1 Å². The van der Waals surface area contributed by atoms with Crippen LogP contribution in [0.1, 0.15) is 75.6 Å². The average molecular weight is 358 g/mol. The van der Waals surface area contributed by atoms with Crippen molar-refractivity contribution in [1.29, 1.82) is 0 Å². The lowest BCUT2D eigenvalue weighted by atomic mass is 10.00. The molecule has 0 unspecified atom stereocenters. The van der Waals surface area contributed by atoms with Crippen molar-refractivity contribution in [3.05, 3.63) is 70.8 Å². The van der Waals surface area contributed by atoms with Crippen LogP contribution in [0.3, 0.4) is 0 Å². The SMILES string of the molecule is CC.CC(C)c1cccc(CC(=O)O)c1.CC(C)c1cccc(CN)c1. The highest BCUT2D eigenvalue weighted by atomic mass is 16.4. The fourth-order valence-corrected chi connectivity index (χ4v) is 2.32. The number of nitrogens with two attached hydrogens (primary N) is 1. The molecule has 3 N–H and O–H groups in total. The predicted octanol–water partition coefficient (Wildman–Crippen LogP) is 5.73. The molecule has 3 nitrogen and oxygen atoms in total. The van der Waals surface area contributed by atoms with Gasteiger partial charge in [-0.2, -0.15) is 0 Å². The molecule has 144 valence electrons. The first-order chi connectivity index (χ1) is 12.3. The Morgan fingerprint density at radius 2 is 1.31 bits per heavy atom. The van der Waals surface area contributed by atoms with Gasteiger partial charge in [0.25, 0.3) is 0 Å². The third-order valence-corrected chi connectivity index (χ3v) is 3.83. The second kappa shape index (κ2) is 13.1. The second-order valence-electron chi connectivity index (χ2n) is 6.57. The molecule has 0 aliphatic heterocycles. The van der Waals surface area contributed by atoms with Gasteiger partial charge in [0.05, 0.1) is 6.42 Å². The van der Waals surface area contributed by atoms with Crippen LogP contribution in [0.25, 0.3) is 0 Å². The predicted molar refractivity (Wildman–Crippen MR) is 112 cm³/mol. The molecule has 0 saturated heterocycles. The van der Waals surface area contributed by atoms with E-state index in [0.29, 0.717) is 18.4 Å². The molecule has 26 heavy (non-hydrogen) atoms. The summed E-state index contributed by atoms with van der Waals surface area (Å²) in [4.78, 5) is 10.4. The van der Waals surface area contributed by atoms with E-state index < -0.39 is 5.97 Å². The summed E-state index contributed by atoms with van der Waals surface area (Å²) in [5.74, 6) is 0.274. The van der Waals surface area contributed by atoms with E-state index >= 15 is 0 Å². The van der Waals surface area contributed by atoms with Gasteiger partial charge >= 0.3 is 5.97 Å². The first-order valence-electron chi connectivity index (χ1n) is 9.43. The monoisotopic (exact) mass is 357 g/mol. The quantitative estimate of drug-likeness (QED) is 0.718. The summed E-state index contributed by atoms with van der Waals surface area (Å²) in [7, 11) is 0. The van der Waals surface area contributed by atoms with Gasteiger partial charge in [0, 0.05) is 6.54 Å². The second-order valence-corrected chi connectivity index (χ2v) is 6.57. The standard InChI is InChI=1S/C11H14O2.C10H15N.C2H6/c1-8(2)10-5-3-4-9(6-10)7-11(12)13;1-8(2)10-5-3-4-9(6-10)7-11;1-2/h3-6,8H,7H2,1-2H3,(H,12,13);3-6,8H,7,11H2,1-2H3;1-2H3. The van der Waals surface area contributed by atoms with Gasteiger partial charge in [-0.05, 0) is 34.1 Å². The minimum Gasteiger partial charge on any atom is -0.481 e. The van der Waals surface area contributed by atoms with Crippen molar-refractivity contribution in [2.24, 2.45) is 5.73 Å². The molecule has 2 aromatic carbocycles. The molecule has 0 aliphatic rings. The highest BCUT2D eigenvalue weighted by Crippen LogP contribution is 2.16. The maximum Gasteiger partial charge on any atom is 0.307 e. The minimum atomic E-state index is -0.777. The third kappa shape index (κ3) is 9.38. The lowest BCUT2D eigenvalue weighted by molar-refractivity contribution is -0.136. The largest absolute Gasteiger partial charge is 0.481 e. The Morgan fingerprint density at radius 1 is 0.885 bits per heavy atom. The molecular weight excluding hydrogens is 322 g/mol. The van der Waals surface area contributed by atoms with Crippen LogP contribution in [0.5, 0.6) is 0 Å². The Labute approximate surface area is 159 Å². The molecule has 0 heterocycles. The summed E-state index contributed by atoms with van der Waals surface area (Å²) in [6.45, 7) is 13.2. The van der Waals surface area contributed by atoms with Crippen LogP contribution in [0.15, 0.2) is 48.5 Å². The van der Waals surface area contributed by atoms with E-state index in [1.807, 2.05) is 38.1 Å². The number of carbonyl (C=O) groups is 1. The third-order valence-electron chi connectivity index (χ3n) is 3.83. The van der Waals surface area contributed by atoms with E-state index in [0.717, 1.165) is 5.56 Å². The maximum atomic E-state index is 10.4. The summed E-state index contributed by atoms with van der Waals surface area (Å²) in [5.41, 5.74) is 10.2. The zero-order valence-electron chi connectivity index (χ0n) is 17.1. The van der Waals surface area contributed by atoms with Gasteiger partial charge in [-0.1, -0.05) is 90.1 Å². The Kier molecular flexibility index (Phi) is 12.0. The van der Waals surface area contributed by atoms with Gasteiger partial charge in [0.15, 0.2) is 0 Å². The van der Waals surface area contributed by atoms with Crippen molar-refractivity contribution in [2.45, 2.75) is 66.3 Å². The van der Waals surface area contributed by atoms with Crippen LogP contribution in [0.4, 0.5) is 0 Å². The van der Waals surface area contributed by atoms with Crippen molar-refractivity contribution in [1.82, 2.24) is 0 Å². The smallest absolute Gasteiger partial charge is 0.307 e. The molecule has 0 aromatic heterocycles. The minimum absolute atomic E-state index is 0.112. The summed E-state index contributed by atoms with van der Waals surface area (Å²) < 4.78 is 0. The Balaban J connectivity index is 0.000000444. The number of hydrogen-bond acceptors (Lipinski definition) is 2. The zero-order valence-corrected chi connectivity index (χ0v) is 17.1. The number of hydrogen-bond donors (Lipinski definition) is 2. The molecule has 0 radical (unpaired) electrons. The Hall–Kier alpha value is -2.13. The molecule has 0 fully saturated rings. The van der Waals surface area contributed by atoms with E-state index in [1.54, 1.807) is 0 Å². The molecule has 3 heteroatoms. The maximum absolute atomic E-state index is 10.4. The summed E-state index contributed by atoms with van der Waals surface area (Å²) in [6.07, 6.45) is 0.112. The zero-order chi connectivity index (χ0) is 20.1. The van der Waals surface area contributed by atoms with Crippen LogP contribution >= 0.6 is 0 Å². The number of aliphatic carboxylic acids is 1. The lowest BCUT2D eigenvalue weighted by Crippen LogP contribution is -2.00. The van der Waals surface area contributed by atoms with Crippen LogP contribution in [0, 0.1) is 0 Å². The van der Waals surface area contributed by atoms with Crippen molar-refractivity contribution in [2.75, 3.05) is 0 Å². The van der Waals surface area contributed by atoms with Gasteiger partial charge in [-0.3, -0.25) is 4.79 Å². The number of rotatable bonds is 5. The number of benzene rings is 2. The van der Waals surface area contributed by atoms with E-state index in [2.05, 4.69) is 52.0 Å². The summed E-state index contributed by atoms with van der Waals surface area (Å²) in [5, 5.41) is 8.60. The summed E-state index contributed by atoms with van der Waals surface area (Å²) >= 11 is 0. The molecule has 0 amide bonds. The summed E-state index contributed by atoms with van der Waals surface area (Å²) in [6, 6.07) is 16.2. The fraction of sp³-hybridized carbons (Fsp3) is 0.435. The van der Waals surface area contributed by atoms with Crippen molar-refractivity contribution >= 4 is 5.97 Å². The Bertz CT molecular complexity index is 648. The van der Waals surface area contributed by atoms with Gasteiger partial charge in [0.1, 0.15) is 0 Å².